The van der Waals surface area contributed by atoms with E-state index in [0.29, 0.717) is 31.0 Å². The minimum Gasteiger partial charge on any atom is -0.355 e. The van der Waals surface area contributed by atoms with Crippen LogP contribution in [0.4, 0.5) is 5.82 Å². The van der Waals surface area contributed by atoms with Crippen molar-refractivity contribution in [3.63, 3.8) is 0 Å². The van der Waals surface area contributed by atoms with E-state index >= 15 is 0 Å². The van der Waals surface area contributed by atoms with Gasteiger partial charge in [-0.15, -0.1) is 0 Å². The first-order chi connectivity index (χ1) is 9.26. The molecular formula is C13H17N5O. The molecule has 2 heterocycles. The smallest absolute Gasteiger partial charge is 0.244 e. The maximum absolute atomic E-state index is 12.1. The zero-order chi connectivity index (χ0) is 13.7. The molecule has 0 aromatic carbocycles. The number of carbonyl (C=O) groups excluding carboxylic acids is 1. The van der Waals surface area contributed by atoms with Crippen molar-refractivity contribution in [2.24, 2.45) is 0 Å². The molecule has 1 aromatic heterocycles. The predicted molar refractivity (Wildman–Crippen MR) is 71.6 cm³/mol. The van der Waals surface area contributed by atoms with Crippen LogP contribution in [0, 0.1) is 11.3 Å². The van der Waals surface area contributed by atoms with Gasteiger partial charge < -0.3 is 15.5 Å². The summed E-state index contributed by atoms with van der Waals surface area (Å²) in [6.07, 6.45) is 1.60. The molecule has 0 bridgehead atoms. The number of aromatic nitrogens is 1. The molecule has 1 aliphatic rings. The number of pyridine rings is 1. The first-order valence-corrected chi connectivity index (χ1v) is 6.37. The fourth-order valence-electron chi connectivity index (χ4n) is 2.15. The monoisotopic (exact) mass is 259 g/mol. The van der Waals surface area contributed by atoms with Gasteiger partial charge in [0.05, 0.1) is 11.6 Å². The van der Waals surface area contributed by atoms with E-state index in [-0.39, 0.29) is 11.9 Å². The Hall–Kier alpha value is -2.13. The maximum Gasteiger partial charge on any atom is 0.244 e. The standard InChI is InChI=1S/C13H17N5O/c1-2-16-13(19)11-9-15-5-6-18(11)12-7-10(8-14)3-4-17-12/h3-4,7,11,15H,2,5-6,9H2,1H3,(H,16,19). The molecule has 1 aliphatic heterocycles. The second kappa shape index (κ2) is 6.16. The third-order valence-corrected chi connectivity index (χ3v) is 3.07. The van der Waals surface area contributed by atoms with E-state index in [1.807, 2.05) is 11.8 Å². The van der Waals surface area contributed by atoms with E-state index in [0.717, 1.165) is 6.54 Å². The van der Waals surface area contributed by atoms with Crippen LogP contribution in [0.3, 0.4) is 0 Å². The van der Waals surface area contributed by atoms with Crippen LogP contribution in [0.25, 0.3) is 0 Å². The van der Waals surface area contributed by atoms with Gasteiger partial charge in [-0.05, 0) is 19.1 Å². The molecule has 1 amide bonds. The van der Waals surface area contributed by atoms with Gasteiger partial charge in [0.1, 0.15) is 11.9 Å². The highest BCUT2D eigenvalue weighted by atomic mass is 16.2. The highest BCUT2D eigenvalue weighted by molar-refractivity contribution is 5.85. The lowest BCUT2D eigenvalue weighted by Crippen LogP contribution is -2.58. The summed E-state index contributed by atoms with van der Waals surface area (Å²) in [5.41, 5.74) is 0.554. The van der Waals surface area contributed by atoms with Crippen LogP contribution in [0.2, 0.25) is 0 Å². The molecule has 0 spiro atoms. The molecular weight excluding hydrogens is 242 g/mol. The second-order valence-corrected chi connectivity index (χ2v) is 4.32. The normalized spacial score (nSPS) is 18.7. The number of nitriles is 1. The van der Waals surface area contributed by atoms with Crippen LogP contribution in [0.15, 0.2) is 18.3 Å². The van der Waals surface area contributed by atoms with Crippen molar-refractivity contribution in [3.05, 3.63) is 23.9 Å². The quantitative estimate of drug-likeness (QED) is 0.790. The molecule has 0 radical (unpaired) electrons. The van der Waals surface area contributed by atoms with Crippen molar-refractivity contribution < 1.29 is 4.79 Å². The summed E-state index contributed by atoms with van der Waals surface area (Å²) in [4.78, 5) is 18.3. The molecule has 1 atom stereocenters. The topological polar surface area (TPSA) is 81.0 Å². The zero-order valence-electron chi connectivity index (χ0n) is 10.9. The van der Waals surface area contributed by atoms with Crippen LogP contribution in [0.5, 0.6) is 0 Å². The molecule has 2 N–H and O–H groups in total. The van der Waals surface area contributed by atoms with E-state index < -0.39 is 0 Å². The van der Waals surface area contributed by atoms with Crippen LogP contribution in [-0.2, 0) is 4.79 Å². The average molecular weight is 259 g/mol. The van der Waals surface area contributed by atoms with Crippen molar-refractivity contribution in [2.45, 2.75) is 13.0 Å². The fourth-order valence-corrected chi connectivity index (χ4v) is 2.15. The molecule has 6 nitrogen and oxygen atoms in total. The summed E-state index contributed by atoms with van der Waals surface area (Å²) in [5.74, 6) is 0.663. The largest absolute Gasteiger partial charge is 0.355 e. The third kappa shape index (κ3) is 3.01. The molecule has 6 heteroatoms. The van der Waals surface area contributed by atoms with Crippen molar-refractivity contribution in [3.8, 4) is 6.07 Å². The maximum atomic E-state index is 12.1. The number of piperazine rings is 1. The van der Waals surface area contributed by atoms with Gasteiger partial charge in [0.15, 0.2) is 0 Å². The van der Waals surface area contributed by atoms with Gasteiger partial charge in [-0.3, -0.25) is 4.79 Å². The van der Waals surface area contributed by atoms with Crippen LogP contribution in [0.1, 0.15) is 12.5 Å². The Morgan fingerprint density at radius 2 is 2.58 bits per heavy atom. The lowest BCUT2D eigenvalue weighted by molar-refractivity contribution is -0.122. The number of hydrogen-bond donors (Lipinski definition) is 2. The Balaban J connectivity index is 2.23. The number of hydrogen-bond acceptors (Lipinski definition) is 5. The van der Waals surface area contributed by atoms with Gasteiger partial charge in [0, 0.05) is 32.4 Å². The number of rotatable bonds is 3. The molecule has 1 fully saturated rings. The molecule has 1 saturated heterocycles. The summed E-state index contributed by atoms with van der Waals surface area (Å²) in [6, 6.07) is 5.19. The van der Waals surface area contributed by atoms with Gasteiger partial charge >= 0.3 is 0 Å². The van der Waals surface area contributed by atoms with Crippen LogP contribution < -0.4 is 15.5 Å². The minimum absolute atomic E-state index is 0.0149. The van der Waals surface area contributed by atoms with Crippen molar-refractivity contribution >= 4 is 11.7 Å². The lowest BCUT2D eigenvalue weighted by Gasteiger charge is -2.36. The fraction of sp³-hybridized carbons (Fsp3) is 0.462. The first kappa shape index (κ1) is 13.3. The summed E-state index contributed by atoms with van der Waals surface area (Å²) in [6.45, 7) is 4.59. The number of nitrogens with zero attached hydrogens (tertiary/aromatic N) is 3. The molecule has 1 aromatic rings. The van der Waals surface area contributed by atoms with E-state index in [1.165, 1.54) is 0 Å². The molecule has 2 rings (SSSR count). The van der Waals surface area contributed by atoms with Gasteiger partial charge in [-0.1, -0.05) is 0 Å². The number of likely N-dealkylation sites (N-methyl/N-ethyl adjacent to an activating group) is 1. The van der Waals surface area contributed by atoms with Crippen molar-refractivity contribution in [1.82, 2.24) is 15.6 Å². The SMILES string of the molecule is CCNC(=O)C1CNCCN1c1cc(C#N)ccn1. The summed E-state index contributed by atoms with van der Waals surface area (Å²) >= 11 is 0. The zero-order valence-corrected chi connectivity index (χ0v) is 10.9. The third-order valence-electron chi connectivity index (χ3n) is 3.07. The van der Waals surface area contributed by atoms with Crippen LogP contribution >= 0.6 is 0 Å². The number of amides is 1. The Kier molecular flexibility index (Phi) is 4.31. The Bertz CT molecular complexity index is 496. The van der Waals surface area contributed by atoms with Gasteiger partial charge in [-0.2, -0.15) is 5.26 Å². The summed E-state index contributed by atoms with van der Waals surface area (Å²) in [7, 11) is 0. The average Bonchev–Trinajstić information content (AvgIpc) is 2.47. The highest BCUT2D eigenvalue weighted by Gasteiger charge is 2.29. The van der Waals surface area contributed by atoms with Crippen LogP contribution in [-0.4, -0.2) is 43.1 Å². The molecule has 0 aliphatic carbocycles. The second-order valence-electron chi connectivity index (χ2n) is 4.32. The highest BCUT2D eigenvalue weighted by Crippen LogP contribution is 2.16. The molecule has 100 valence electrons. The summed E-state index contributed by atoms with van der Waals surface area (Å²) < 4.78 is 0. The van der Waals surface area contributed by atoms with Gasteiger partial charge in [0.2, 0.25) is 5.91 Å². The van der Waals surface area contributed by atoms with E-state index in [4.69, 9.17) is 5.26 Å². The number of nitrogens with one attached hydrogen (secondary N) is 2. The number of anilines is 1. The molecule has 19 heavy (non-hydrogen) atoms. The van der Waals surface area contributed by atoms with Gasteiger partial charge in [-0.25, -0.2) is 4.98 Å². The van der Waals surface area contributed by atoms with Gasteiger partial charge in [0.25, 0.3) is 0 Å². The summed E-state index contributed by atoms with van der Waals surface area (Å²) in [5, 5.41) is 15.0. The first-order valence-electron chi connectivity index (χ1n) is 6.37. The van der Waals surface area contributed by atoms with E-state index in [9.17, 15) is 4.79 Å². The van der Waals surface area contributed by atoms with Crippen molar-refractivity contribution in [1.29, 1.82) is 5.26 Å². The lowest BCUT2D eigenvalue weighted by atomic mass is 10.1. The van der Waals surface area contributed by atoms with E-state index in [2.05, 4.69) is 21.7 Å². The Labute approximate surface area is 112 Å². The molecule has 0 saturated carbocycles. The minimum atomic E-state index is -0.282. The van der Waals surface area contributed by atoms with Crippen molar-refractivity contribution in [2.75, 3.05) is 31.1 Å². The Morgan fingerprint density at radius 1 is 1.74 bits per heavy atom. The number of carbonyl (C=O) groups is 1. The molecule has 1 unspecified atom stereocenters. The Morgan fingerprint density at radius 3 is 3.32 bits per heavy atom. The van der Waals surface area contributed by atoms with E-state index in [1.54, 1.807) is 18.3 Å². The predicted octanol–water partition coefficient (Wildman–Crippen LogP) is -0.132.